The van der Waals surface area contributed by atoms with Gasteiger partial charge in [-0.25, -0.2) is 4.79 Å². The van der Waals surface area contributed by atoms with Crippen molar-refractivity contribution in [1.82, 2.24) is 4.98 Å². The van der Waals surface area contributed by atoms with Gasteiger partial charge in [0.2, 0.25) is 0 Å². The number of rotatable bonds is 2. The van der Waals surface area contributed by atoms with Crippen LogP contribution in [0.25, 0.3) is 22.2 Å². The maximum absolute atomic E-state index is 12.0. The summed E-state index contributed by atoms with van der Waals surface area (Å²) < 4.78 is 4.89. The molecule has 0 aliphatic heterocycles. The van der Waals surface area contributed by atoms with Crippen LogP contribution in [0.15, 0.2) is 41.1 Å². The number of H-pyrrole nitrogens is 1. The number of carbonyl (C=O) groups is 1. The Balaban J connectivity index is 2.33. The van der Waals surface area contributed by atoms with Crippen molar-refractivity contribution >= 4 is 28.2 Å². The van der Waals surface area contributed by atoms with Crippen LogP contribution in [0.1, 0.15) is 10.4 Å². The van der Waals surface area contributed by atoms with E-state index >= 15 is 0 Å². The van der Waals surface area contributed by atoms with E-state index in [1.807, 2.05) is 41.1 Å². The fourth-order valence-corrected chi connectivity index (χ4v) is 2.73. The van der Waals surface area contributed by atoms with Crippen LogP contribution in [-0.4, -0.2) is 18.1 Å². The van der Waals surface area contributed by atoms with Gasteiger partial charge in [-0.1, -0.05) is 18.2 Å². The quantitative estimate of drug-likeness (QED) is 0.711. The lowest BCUT2D eigenvalue weighted by Crippen LogP contribution is -2.01. The molecule has 0 atom stereocenters. The van der Waals surface area contributed by atoms with Crippen molar-refractivity contribution in [3.63, 3.8) is 0 Å². The van der Waals surface area contributed by atoms with Crippen LogP contribution in [0.5, 0.6) is 0 Å². The third-order valence-corrected chi connectivity index (χ3v) is 3.59. The molecule has 18 heavy (non-hydrogen) atoms. The van der Waals surface area contributed by atoms with E-state index in [-0.39, 0.29) is 5.97 Å². The summed E-state index contributed by atoms with van der Waals surface area (Å²) in [5.74, 6) is -0.311. The molecule has 3 nitrogen and oxygen atoms in total. The minimum atomic E-state index is -0.311. The Hall–Kier alpha value is -2.07. The molecule has 3 rings (SSSR count). The van der Waals surface area contributed by atoms with E-state index in [4.69, 9.17) is 4.74 Å². The van der Waals surface area contributed by atoms with Gasteiger partial charge in [0.15, 0.2) is 0 Å². The van der Waals surface area contributed by atoms with Gasteiger partial charge >= 0.3 is 5.97 Å². The highest BCUT2D eigenvalue weighted by Gasteiger charge is 2.19. The first kappa shape index (κ1) is 11.0. The largest absolute Gasteiger partial charge is 0.465 e. The van der Waals surface area contributed by atoms with Gasteiger partial charge < -0.3 is 9.72 Å². The molecule has 0 aliphatic rings. The number of esters is 1. The van der Waals surface area contributed by atoms with Gasteiger partial charge in [0, 0.05) is 21.8 Å². The number of aromatic amines is 1. The van der Waals surface area contributed by atoms with Crippen molar-refractivity contribution < 1.29 is 9.53 Å². The number of fused-ring (bicyclic) bond motifs is 1. The first-order valence-electron chi connectivity index (χ1n) is 5.53. The minimum Gasteiger partial charge on any atom is -0.465 e. The predicted octanol–water partition coefficient (Wildman–Crippen LogP) is 3.68. The van der Waals surface area contributed by atoms with Gasteiger partial charge in [0.05, 0.1) is 18.4 Å². The van der Waals surface area contributed by atoms with Crippen molar-refractivity contribution in [1.29, 1.82) is 0 Å². The second-order valence-corrected chi connectivity index (χ2v) is 4.70. The highest BCUT2D eigenvalue weighted by Crippen LogP contribution is 2.31. The Bertz CT molecular complexity index is 698. The van der Waals surface area contributed by atoms with Crippen LogP contribution < -0.4 is 0 Å². The predicted molar refractivity (Wildman–Crippen MR) is 73.0 cm³/mol. The second-order valence-electron chi connectivity index (χ2n) is 3.92. The topological polar surface area (TPSA) is 42.1 Å². The molecular weight excluding hydrogens is 246 g/mol. The molecule has 2 aromatic heterocycles. The van der Waals surface area contributed by atoms with Crippen molar-refractivity contribution in [2.24, 2.45) is 0 Å². The number of carbonyl (C=O) groups excluding carboxylic acids is 1. The number of thiophene rings is 1. The van der Waals surface area contributed by atoms with Gasteiger partial charge in [-0.05, 0) is 17.5 Å². The molecule has 0 unspecified atom stereocenters. The average Bonchev–Trinajstić information content (AvgIpc) is 3.04. The molecule has 0 aliphatic carbocycles. The lowest BCUT2D eigenvalue weighted by Gasteiger charge is -2.00. The van der Waals surface area contributed by atoms with Crippen LogP contribution in [0.2, 0.25) is 0 Å². The van der Waals surface area contributed by atoms with E-state index in [0.717, 1.165) is 22.2 Å². The number of hydrogen-bond acceptors (Lipinski definition) is 3. The van der Waals surface area contributed by atoms with Crippen molar-refractivity contribution in [2.75, 3.05) is 7.11 Å². The van der Waals surface area contributed by atoms with Crippen molar-refractivity contribution in [2.45, 2.75) is 0 Å². The van der Waals surface area contributed by atoms with E-state index in [1.54, 1.807) is 11.3 Å². The first-order chi connectivity index (χ1) is 8.81. The van der Waals surface area contributed by atoms with Crippen LogP contribution in [0.4, 0.5) is 0 Å². The van der Waals surface area contributed by atoms with E-state index in [2.05, 4.69) is 4.98 Å². The van der Waals surface area contributed by atoms with Gasteiger partial charge in [0.1, 0.15) is 0 Å². The lowest BCUT2D eigenvalue weighted by molar-refractivity contribution is 0.0604. The fraction of sp³-hybridized carbons (Fsp3) is 0.0714. The van der Waals surface area contributed by atoms with Gasteiger partial charge in [-0.3, -0.25) is 0 Å². The number of hydrogen-bond donors (Lipinski definition) is 1. The lowest BCUT2D eigenvalue weighted by atomic mass is 10.1. The molecule has 0 amide bonds. The van der Waals surface area contributed by atoms with Crippen LogP contribution in [0.3, 0.4) is 0 Å². The molecule has 0 saturated heterocycles. The summed E-state index contributed by atoms with van der Waals surface area (Å²) in [5, 5.41) is 4.89. The summed E-state index contributed by atoms with van der Waals surface area (Å²) in [6.07, 6.45) is 0. The minimum absolute atomic E-state index is 0.311. The molecule has 0 spiro atoms. The Labute approximate surface area is 108 Å². The smallest absolute Gasteiger partial charge is 0.340 e. The average molecular weight is 257 g/mol. The van der Waals surface area contributed by atoms with E-state index in [0.29, 0.717) is 5.56 Å². The summed E-state index contributed by atoms with van der Waals surface area (Å²) >= 11 is 1.60. The zero-order valence-corrected chi connectivity index (χ0v) is 10.6. The first-order valence-corrected chi connectivity index (χ1v) is 6.47. The normalized spacial score (nSPS) is 10.7. The van der Waals surface area contributed by atoms with E-state index < -0.39 is 0 Å². The molecular formula is C14H11NO2S. The maximum atomic E-state index is 12.0. The van der Waals surface area contributed by atoms with Crippen molar-refractivity contribution in [3.8, 4) is 11.3 Å². The zero-order chi connectivity index (χ0) is 12.5. The molecule has 1 N–H and O–H groups in total. The van der Waals surface area contributed by atoms with E-state index in [9.17, 15) is 4.79 Å². The van der Waals surface area contributed by atoms with Gasteiger partial charge in [-0.15, -0.1) is 0 Å². The van der Waals surface area contributed by atoms with Crippen molar-refractivity contribution in [3.05, 3.63) is 46.7 Å². The van der Waals surface area contributed by atoms with Crippen LogP contribution in [0, 0.1) is 0 Å². The zero-order valence-electron chi connectivity index (χ0n) is 9.77. The van der Waals surface area contributed by atoms with Crippen LogP contribution >= 0.6 is 11.3 Å². The van der Waals surface area contributed by atoms with Gasteiger partial charge in [-0.2, -0.15) is 11.3 Å². The SMILES string of the molecule is COC(=O)c1c(-c2ccsc2)[nH]c2ccccc12. The number of nitrogens with one attached hydrogen (secondary N) is 1. The number of methoxy groups -OCH3 is 1. The summed E-state index contributed by atoms with van der Waals surface area (Å²) in [5.41, 5.74) is 3.38. The monoisotopic (exact) mass is 257 g/mol. The number of ether oxygens (including phenoxy) is 1. The molecule has 0 radical (unpaired) electrons. The number of benzene rings is 1. The molecule has 2 heterocycles. The Kier molecular flexibility index (Phi) is 2.64. The third kappa shape index (κ3) is 1.62. The van der Waals surface area contributed by atoms with Crippen LogP contribution in [-0.2, 0) is 4.74 Å². The molecule has 0 fully saturated rings. The van der Waals surface area contributed by atoms with Gasteiger partial charge in [0.25, 0.3) is 0 Å². The summed E-state index contributed by atoms with van der Waals surface area (Å²) in [7, 11) is 1.40. The highest BCUT2D eigenvalue weighted by atomic mass is 32.1. The number of aromatic nitrogens is 1. The Morgan fingerprint density at radius 1 is 1.28 bits per heavy atom. The molecule has 3 aromatic rings. The molecule has 0 saturated carbocycles. The highest BCUT2D eigenvalue weighted by molar-refractivity contribution is 7.08. The summed E-state index contributed by atoms with van der Waals surface area (Å²) in [6, 6.07) is 9.73. The fourth-order valence-electron chi connectivity index (χ4n) is 2.08. The molecule has 90 valence electrons. The molecule has 4 heteroatoms. The summed E-state index contributed by atoms with van der Waals surface area (Å²) in [6.45, 7) is 0. The molecule has 0 bridgehead atoms. The Morgan fingerprint density at radius 2 is 2.11 bits per heavy atom. The maximum Gasteiger partial charge on any atom is 0.340 e. The van der Waals surface area contributed by atoms with E-state index in [1.165, 1.54) is 7.11 Å². The summed E-state index contributed by atoms with van der Waals surface area (Å²) in [4.78, 5) is 15.3. The second kappa shape index (κ2) is 4.31. The Morgan fingerprint density at radius 3 is 2.83 bits per heavy atom. The molecule has 1 aromatic carbocycles. The number of para-hydroxylation sites is 1. The third-order valence-electron chi connectivity index (χ3n) is 2.91. The standard InChI is InChI=1S/C14H11NO2S/c1-17-14(16)12-10-4-2-3-5-11(10)15-13(12)9-6-7-18-8-9/h2-8,15H,1H3.